The smallest absolute Gasteiger partial charge is 0.279 e. The molecule has 0 bridgehead atoms. The first-order valence-corrected chi connectivity index (χ1v) is 11.4. The van der Waals surface area contributed by atoms with Crippen molar-refractivity contribution in [2.75, 3.05) is 33.9 Å². The summed E-state index contributed by atoms with van der Waals surface area (Å²) in [4.78, 5) is 52.0. The largest absolute Gasteiger partial charge is 0.497 e. The SMILES string of the molecule is COc1ccc(-n2nc(C(=O)NCC(=O)N3CCC(C(N)=O)CC3)c3ccccc3c2=O)c(OC)c1. The Morgan fingerprint density at radius 1 is 1.06 bits per heavy atom. The highest BCUT2D eigenvalue weighted by Gasteiger charge is 2.26. The summed E-state index contributed by atoms with van der Waals surface area (Å²) in [6, 6.07) is 11.5. The van der Waals surface area contributed by atoms with E-state index in [-0.39, 0.29) is 35.4 Å². The molecule has 0 saturated carbocycles. The number of likely N-dealkylation sites (tertiary alicyclic amines) is 1. The zero-order valence-corrected chi connectivity index (χ0v) is 20.0. The Morgan fingerprint density at radius 2 is 1.75 bits per heavy atom. The summed E-state index contributed by atoms with van der Waals surface area (Å²) < 4.78 is 11.7. The van der Waals surface area contributed by atoms with E-state index in [9.17, 15) is 19.2 Å². The topological polar surface area (TPSA) is 146 Å². The van der Waals surface area contributed by atoms with E-state index >= 15 is 0 Å². The molecule has 0 atom stereocenters. The third kappa shape index (κ3) is 4.85. The van der Waals surface area contributed by atoms with Gasteiger partial charge in [0.1, 0.15) is 17.2 Å². The Labute approximate surface area is 206 Å². The van der Waals surface area contributed by atoms with Crippen molar-refractivity contribution in [2.24, 2.45) is 11.7 Å². The molecule has 1 aromatic heterocycles. The Morgan fingerprint density at radius 3 is 2.39 bits per heavy atom. The van der Waals surface area contributed by atoms with Gasteiger partial charge < -0.3 is 25.4 Å². The van der Waals surface area contributed by atoms with Crippen LogP contribution in [0.3, 0.4) is 0 Å². The van der Waals surface area contributed by atoms with Gasteiger partial charge in [-0.05, 0) is 31.0 Å². The number of fused-ring (bicyclic) bond motifs is 1. The summed E-state index contributed by atoms with van der Waals surface area (Å²) in [5, 5.41) is 7.61. The number of hydrogen-bond donors (Lipinski definition) is 2. The van der Waals surface area contributed by atoms with Gasteiger partial charge in [-0.3, -0.25) is 19.2 Å². The number of methoxy groups -OCH3 is 2. The Balaban J connectivity index is 1.62. The van der Waals surface area contributed by atoms with Crippen LogP contribution in [0.4, 0.5) is 0 Å². The molecule has 1 saturated heterocycles. The van der Waals surface area contributed by atoms with Gasteiger partial charge in [0, 0.05) is 30.5 Å². The van der Waals surface area contributed by atoms with E-state index in [0.717, 1.165) is 4.68 Å². The van der Waals surface area contributed by atoms with Gasteiger partial charge in [-0.1, -0.05) is 18.2 Å². The summed E-state index contributed by atoms with van der Waals surface area (Å²) in [6.07, 6.45) is 0.992. The molecule has 11 nitrogen and oxygen atoms in total. The van der Waals surface area contributed by atoms with Gasteiger partial charge in [0.2, 0.25) is 11.8 Å². The lowest BCUT2D eigenvalue weighted by atomic mass is 9.96. The quantitative estimate of drug-likeness (QED) is 0.496. The summed E-state index contributed by atoms with van der Waals surface area (Å²) in [7, 11) is 2.97. The van der Waals surface area contributed by atoms with Crippen LogP contribution in [-0.2, 0) is 9.59 Å². The number of nitrogens with zero attached hydrogens (tertiary/aromatic N) is 3. The standard InChI is InChI=1S/C25H27N5O6/c1-35-16-7-8-19(20(13-16)36-2)30-25(34)18-6-4-3-5-17(18)22(28-30)24(33)27-14-21(31)29-11-9-15(10-12-29)23(26)32/h3-8,13,15H,9-12,14H2,1-2H3,(H2,26,32)(H,27,33). The lowest BCUT2D eigenvalue weighted by Crippen LogP contribution is -2.46. The highest BCUT2D eigenvalue weighted by Crippen LogP contribution is 2.27. The Kier molecular flexibility index (Phi) is 7.18. The number of aromatic nitrogens is 2. The van der Waals surface area contributed by atoms with Crippen molar-refractivity contribution in [2.45, 2.75) is 12.8 Å². The van der Waals surface area contributed by atoms with Crippen molar-refractivity contribution < 1.29 is 23.9 Å². The van der Waals surface area contributed by atoms with Crippen LogP contribution in [-0.4, -0.2) is 66.3 Å². The number of carbonyl (C=O) groups is 3. The highest BCUT2D eigenvalue weighted by atomic mass is 16.5. The molecule has 2 heterocycles. The third-order valence-electron chi connectivity index (χ3n) is 6.29. The molecule has 0 spiro atoms. The Hall–Kier alpha value is -4.41. The molecule has 4 rings (SSSR count). The summed E-state index contributed by atoms with van der Waals surface area (Å²) in [5.74, 6) is -0.624. The minimum absolute atomic E-state index is 0.0108. The molecule has 2 aromatic carbocycles. The molecule has 3 N–H and O–H groups in total. The van der Waals surface area contributed by atoms with Crippen LogP contribution >= 0.6 is 0 Å². The number of hydrogen-bond acceptors (Lipinski definition) is 7. The summed E-state index contributed by atoms with van der Waals surface area (Å²) in [6.45, 7) is 0.540. The van der Waals surface area contributed by atoms with E-state index in [4.69, 9.17) is 15.2 Å². The van der Waals surface area contributed by atoms with Crippen molar-refractivity contribution in [3.63, 3.8) is 0 Å². The fourth-order valence-electron chi connectivity index (χ4n) is 4.25. The second-order valence-electron chi connectivity index (χ2n) is 8.39. The van der Waals surface area contributed by atoms with Crippen LogP contribution in [0, 0.1) is 5.92 Å². The van der Waals surface area contributed by atoms with Crippen molar-refractivity contribution >= 4 is 28.5 Å². The van der Waals surface area contributed by atoms with Crippen LogP contribution < -0.4 is 26.1 Å². The molecule has 1 aliphatic rings. The highest BCUT2D eigenvalue weighted by molar-refractivity contribution is 6.05. The Bertz CT molecular complexity index is 1380. The van der Waals surface area contributed by atoms with E-state index in [0.29, 0.717) is 48.5 Å². The molecule has 0 aliphatic carbocycles. The first kappa shape index (κ1) is 24.7. The molecule has 1 aliphatic heterocycles. The first-order chi connectivity index (χ1) is 17.3. The van der Waals surface area contributed by atoms with Crippen LogP contribution in [0.1, 0.15) is 23.3 Å². The first-order valence-electron chi connectivity index (χ1n) is 11.4. The van der Waals surface area contributed by atoms with Gasteiger partial charge in [-0.2, -0.15) is 9.78 Å². The van der Waals surface area contributed by atoms with E-state index in [1.54, 1.807) is 47.4 Å². The minimum atomic E-state index is -0.604. The number of carbonyl (C=O) groups excluding carboxylic acids is 3. The van der Waals surface area contributed by atoms with Gasteiger partial charge in [0.25, 0.3) is 11.5 Å². The van der Waals surface area contributed by atoms with Crippen LogP contribution in [0.25, 0.3) is 16.5 Å². The van der Waals surface area contributed by atoms with Gasteiger partial charge in [0.15, 0.2) is 5.69 Å². The predicted molar refractivity (Wildman–Crippen MR) is 131 cm³/mol. The second-order valence-corrected chi connectivity index (χ2v) is 8.39. The molecule has 11 heteroatoms. The number of ether oxygens (including phenoxy) is 2. The number of piperidine rings is 1. The number of benzene rings is 2. The van der Waals surface area contributed by atoms with Crippen LogP contribution in [0.2, 0.25) is 0 Å². The van der Waals surface area contributed by atoms with E-state index in [1.807, 2.05) is 0 Å². The number of nitrogens with two attached hydrogens (primary N) is 1. The molecular formula is C25H27N5O6. The second kappa shape index (κ2) is 10.5. The zero-order valence-electron chi connectivity index (χ0n) is 20.0. The van der Waals surface area contributed by atoms with Crippen molar-refractivity contribution in [1.82, 2.24) is 20.0 Å². The minimum Gasteiger partial charge on any atom is -0.497 e. The number of amides is 3. The van der Waals surface area contributed by atoms with E-state index < -0.39 is 11.5 Å². The lowest BCUT2D eigenvalue weighted by Gasteiger charge is -2.30. The number of primary amides is 1. The van der Waals surface area contributed by atoms with Crippen LogP contribution in [0.15, 0.2) is 47.3 Å². The van der Waals surface area contributed by atoms with Crippen molar-refractivity contribution in [3.05, 3.63) is 58.5 Å². The fourth-order valence-corrected chi connectivity index (χ4v) is 4.25. The third-order valence-corrected chi connectivity index (χ3v) is 6.29. The molecular weight excluding hydrogens is 466 g/mol. The van der Waals surface area contributed by atoms with Gasteiger partial charge >= 0.3 is 0 Å². The van der Waals surface area contributed by atoms with Gasteiger partial charge in [-0.15, -0.1) is 0 Å². The predicted octanol–water partition coefficient (Wildman–Crippen LogP) is 0.857. The molecule has 3 aromatic rings. The average Bonchev–Trinajstić information content (AvgIpc) is 2.91. The van der Waals surface area contributed by atoms with Gasteiger partial charge in [0.05, 0.1) is 26.2 Å². The summed E-state index contributed by atoms with van der Waals surface area (Å²) >= 11 is 0. The fraction of sp³-hybridized carbons (Fsp3) is 0.320. The van der Waals surface area contributed by atoms with Gasteiger partial charge in [-0.25, -0.2) is 0 Å². The van der Waals surface area contributed by atoms with E-state index in [1.165, 1.54) is 14.2 Å². The summed E-state index contributed by atoms with van der Waals surface area (Å²) in [5.41, 5.74) is 5.24. The molecule has 0 unspecified atom stereocenters. The number of nitrogens with one attached hydrogen (secondary N) is 1. The molecule has 1 fully saturated rings. The maximum Gasteiger partial charge on any atom is 0.279 e. The number of rotatable bonds is 7. The van der Waals surface area contributed by atoms with Crippen molar-refractivity contribution in [1.29, 1.82) is 0 Å². The maximum atomic E-state index is 13.3. The molecule has 0 radical (unpaired) electrons. The molecule has 36 heavy (non-hydrogen) atoms. The monoisotopic (exact) mass is 493 g/mol. The molecule has 3 amide bonds. The lowest BCUT2D eigenvalue weighted by molar-refractivity contribution is -0.133. The van der Waals surface area contributed by atoms with Crippen molar-refractivity contribution in [3.8, 4) is 17.2 Å². The van der Waals surface area contributed by atoms with E-state index in [2.05, 4.69) is 10.4 Å². The zero-order chi connectivity index (χ0) is 25.8. The maximum absolute atomic E-state index is 13.3. The average molecular weight is 494 g/mol. The molecule has 188 valence electrons. The normalized spacial score (nSPS) is 13.9. The van der Waals surface area contributed by atoms with Crippen LogP contribution in [0.5, 0.6) is 11.5 Å².